The molecule has 3 aromatic rings. The van der Waals surface area contributed by atoms with Crippen molar-refractivity contribution >= 4 is 35.3 Å². The van der Waals surface area contributed by atoms with E-state index in [9.17, 15) is 4.79 Å². The molecule has 1 N–H and O–H groups in total. The van der Waals surface area contributed by atoms with Crippen LogP contribution in [0.1, 0.15) is 27.2 Å². The zero-order chi connectivity index (χ0) is 18.5. The van der Waals surface area contributed by atoms with Gasteiger partial charge in [0.1, 0.15) is 5.15 Å². The van der Waals surface area contributed by atoms with E-state index in [4.69, 9.17) is 23.2 Å². The van der Waals surface area contributed by atoms with Crippen molar-refractivity contribution in [1.29, 1.82) is 0 Å². The van der Waals surface area contributed by atoms with Gasteiger partial charge in [0.05, 0.1) is 24.0 Å². The Labute approximate surface area is 161 Å². The second-order valence-electron chi connectivity index (χ2n) is 5.64. The summed E-state index contributed by atoms with van der Waals surface area (Å²) in [5, 5.41) is 9.46. The van der Waals surface area contributed by atoms with E-state index in [0.717, 1.165) is 11.3 Å². The van der Waals surface area contributed by atoms with Crippen molar-refractivity contribution in [3.05, 3.63) is 87.2 Å². The molecule has 7 heteroatoms. The van der Waals surface area contributed by atoms with Crippen LogP contribution in [0.4, 0.5) is 0 Å². The quantitative estimate of drug-likeness (QED) is 0.524. The van der Waals surface area contributed by atoms with E-state index in [1.165, 1.54) is 6.21 Å². The van der Waals surface area contributed by atoms with Crippen LogP contribution in [-0.4, -0.2) is 21.9 Å². The maximum Gasteiger partial charge on any atom is 0.271 e. The fraction of sp³-hybridized carbons (Fsp3) is 0.105. The molecule has 0 unspecified atom stereocenters. The van der Waals surface area contributed by atoms with Gasteiger partial charge in [-0.2, -0.15) is 10.2 Å². The smallest absolute Gasteiger partial charge is 0.267 e. The number of nitrogens with one attached hydrogen (secondary N) is 1. The molecule has 1 heterocycles. The number of carbonyl (C=O) groups excluding carboxylic acids is 1. The van der Waals surface area contributed by atoms with Gasteiger partial charge in [-0.15, -0.1) is 0 Å². The van der Waals surface area contributed by atoms with Crippen LogP contribution >= 0.6 is 23.2 Å². The molecule has 2 aromatic carbocycles. The first-order chi connectivity index (χ1) is 12.5. The number of halogens is 2. The van der Waals surface area contributed by atoms with Gasteiger partial charge in [-0.05, 0) is 36.8 Å². The molecule has 1 amide bonds. The highest BCUT2D eigenvalue weighted by atomic mass is 35.5. The fourth-order valence-corrected chi connectivity index (χ4v) is 2.81. The number of carbonyl (C=O) groups is 1. The first kappa shape index (κ1) is 18.2. The summed E-state index contributed by atoms with van der Waals surface area (Å²) >= 11 is 12.2. The maximum atomic E-state index is 12.0. The third-order valence-electron chi connectivity index (χ3n) is 3.75. The van der Waals surface area contributed by atoms with Crippen molar-refractivity contribution in [2.75, 3.05) is 0 Å². The Balaban J connectivity index is 1.70. The summed E-state index contributed by atoms with van der Waals surface area (Å²) in [6.07, 6.45) is 1.50. The number of rotatable bonds is 5. The van der Waals surface area contributed by atoms with E-state index in [1.54, 1.807) is 28.9 Å². The van der Waals surface area contributed by atoms with E-state index < -0.39 is 0 Å². The Morgan fingerprint density at radius 2 is 1.85 bits per heavy atom. The average molecular weight is 387 g/mol. The zero-order valence-electron chi connectivity index (χ0n) is 14.0. The average Bonchev–Trinajstić information content (AvgIpc) is 2.90. The Kier molecular flexibility index (Phi) is 5.71. The van der Waals surface area contributed by atoms with Crippen LogP contribution in [0.15, 0.2) is 59.7 Å². The minimum atomic E-state index is -0.330. The molecule has 0 radical (unpaired) electrons. The lowest BCUT2D eigenvalue weighted by Crippen LogP contribution is -2.17. The molecule has 5 nitrogen and oxygen atoms in total. The molecule has 0 atom stereocenters. The summed E-state index contributed by atoms with van der Waals surface area (Å²) in [6.45, 7) is 2.40. The molecule has 0 saturated carbocycles. The highest BCUT2D eigenvalue weighted by molar-refractivity contribution is 6.32. The number of hydrogen-bond donors (Lipinski definition) is 1. The van der Waals surface area contributed by atoms with E-state index in [1.807, 2.05) is 37.3 Å². The monoisotopic (exact) mass is 386 g/mol. The van der Waals surface area contributed by atoms with Crippen LogP contribution in [0.2, 0.25) is 10.2 Å². The summed E-state index contributed by atoms with van der Waals surface area (Å²) in [7, 11) is 0. The molecular weight excluding hydrogens is 371 g/mol. The van der Waals surface area contributed by atoms with Crippen molar-refractivity contribution in [3.63, 3.8) is 0 Å². The summed E-state index contributed by atoms with van der Waals surface area (Å²) < 4.78 is 1.70. The van der Waals surface area contributed by atoms with Crippen molar-refractivity contribution in [3.8, 4) is 0 Å². The third kappa shape index (κ3) is 4.31. The van der Waals surface area contributed by atoms with Crippen LogP contribution in [0.25, 0.3) is 0 Å². The summed E-state index contributed by atoms with van der Waals surface area (Å²) in [5.74, 6) is -0.330. The SMILES string of the molecule is Cc1nn(Cc2ccccc2)c(Cl)c1C=NNC(=O)c1ccc(Cl)cc1. The summed E-state index contributed by atoms with van der Waals surface area (Å²) in [4.78, 5) is 12.0. The summed E-state index contributed by atoms with van der Waals surface area (Å²) in [6, 6.07) is 16.5. The second kappa shape index (κ2) is 8.17. The van der Waals surface area contributed by atoms with Gasteiger partial charge >= 0.3 is 0 Å². The minimum absolute atomic E-state index is 0.330. The molecular formula is C19H16Cl2N4O. The number of benzene rings is 2. The van der Waals surface area contributed by atoms with Crippen molar-refractivity contribution in [2.24, 2.45) is 5.10 Å². The number of aromatic nitrogens is 2. The molecule has 26 heavy (non-hydrogen) atoms. The number of hydrogen-bond acceptors (Lipinski definition) is 3. The molecule has 0 aliphatic carbocycles. The molecule has 3 rings (SSSR count). The van der Waals surface area contributed by atoms with Gasteiger partial charge in [0.2, 0.25) is 0 Å². The first-order valence-electron chi connectivity index (χ1n) is 7.90. The molecule has 1 aromatic heterocycles. The van der Waals surface area contributed by atoms with Gasteiger partial charge in [0, 0.05) is 10.6 Å². The molecule has 132 valence electrons. The van der Waals surface area contributed by atoms with Crippen LogP contribution in [0.5, 0.6) is 0 Å². The Bertz CT molecular complexity index is 934. The largest absolute Gasteiger partial charge is 0.271 e. The molecule has 0 saturated heterocycles. The van der Waals surface area contributed by atoms with Gasteiger partial charge in [-0.1, -0.05) is 53.5 Å². The van der Waals surface area contributed by atoms with Gasteiger partial charge in [-0.3, -0.25) is 4.79 Å². The lowest BCUT2D eigenvalue weighted by atomic mass is 10.2. The van der Waals surface area contributed by atoms with Gasteiger partial charge in [0.15, 0.2) is 0 Å². The second-order valence-corrected chi connectivity index (χ2v) is 6.43. The first-order valence-corrected chi connectivity index (χ1v) is 8.66. The van der Waals surface area contributed by atoms with E-state index >= 15 is 0 Å². The van der Waals surface area contributed by atoms with E-state index in [0.29, 0.717) is 27.8 Å². The topological polar surface area (TPSA) is 59.3 Å². The molecule has 0 bridgehead atoms. The number of amides is 1. The highest BCUT2D eigenvalue weighted by Crippen LogP contribution is 2.19. The number of nitrogens with zero attached hydrogens (tertiary/aromatic N) is 3. The lowest BCUT2D eigenvalue weighted by molar-refractivity contribution is 0.0955. The van der Waals surface area contributed by atoms with Crippen LogP contribution in [-0.2, 0) is 6.54 Å². The Hall–Kier alpha value is -2.63. The van der Waals surface area contributed by atoms with Gasteiger partial charge < -0.3 is 0 Å². The normalized spacial score (nSPS) is 11.0. The maximum absolute atomic E-state index is 12.0. The predicted octanol–water partition coefficient (Wildman–Crippen LogP) is 4.31. The highest BCUT2D eigenvalue weighted by Gasteiger charge is 2.12. The van der Waals surface area contributed by atoms with Crippen molar-refractivity contribution < 1.29 is 4.79 Å². The zero-order valence-corrected chi connectivity index (χ0v) is 15.5. The van der Waals surface area contributed by atoms with Crippen molar-refractivity contribution in [1.82, 2.24) is 15.2 Å². The Morgan fingerprint density at radius 1 is 1.15 bits per heavy atom. The third-order valence-corrected chi connectivity index (χ3v) is 4.40. The minimum Gasteiger partial charge on any atom is -0.267 e. The number of hydrazone groups is 1. The summed E-state index contributed by atoms with van der Waals surface area (Å²) in [5.41, 5.74) is 5.43. The van der Waals surface area contributed by atoms with Crippen molar-refractivity contribution in [2.45, 2.75) is 13.5 Å². The molecule has 0 fully saturated rings. The predicted molar refractivity (Wildman–Crippen MR) is 104 cm³/mol. The molecule has 0 aliphatic heterocycles. The van der Waals surface area contributed by atoms with Crippen LogP contribution < -0.4 is 5.43 Å². The Morgan fingerprint density at radius 3 is 2.54 bits per heavy atom. The van der Waals surface area contributed by atoms with Crippen LogP contribution in [0.3, 0.4) is 0 Å². The molecule has 0 aliphatic rings. The van der Waals surface area contributed by atoms with Crippen LogP contribution in [0, 0.1) is 6.92 Å². The molecule has 0 spiro atoms. The van der Waals surface area contributed by atoms with E-state index in [-0.39, 0.29) is 5.91 Å². The standard InChI is InChI=1S/C19H16Cl2N4O/c1-13-17(11-22-23-19(26)15-7-9-16(20)10-8-15)18(21)25(24-13)12-14-5-3-2-4-6-14/h2-11H,12H2,1H3,(H,23,26). The van der Waals surface area contributed by atoms with E-state index in [2.05, 4.69) is 15.6 Å². The number of aryl methyl sites for hydroxylation is 1. The lowest BCUT2D eigenvalue weighted by Gasteiger charge is -2.03. The van der Waals surface area contributed by atoms with Gasteiger partial charge in [0.25, 0.3) is 5.91 Å². The van der Waals surface area contributed by atoms with Gasteiger partial charge in [-0.25, -0.2) is 10.1 Å². The fourth-order valence-electron chi connectivity index (χ4n) is 2.40.